The van der Waals surface area contributed by atoms with Gasteiger partial charge in [-0.3, -0.25) is 0 Å². The molecule has 0 N–H and O–H groups in total. The maximum absolute atomic E-state index is 6.52. The van der Waals surface area contributed by atoms with E-state index in [-0.39, 0.29) is 30.2 Å². The van der Waals surface area contributed by atoms with Crippen molar-refractivity contribution in [2.24, 2.45) is 0 Å². The summed E-state index contributed by atoms with van der Waals surface area (Å²) in [7, 11) is 1.89. The average molecular weight is 931 g/mol. The van der Waals surface area contributed by atoms with Gasteiger partial charge in [-0.05, 0) is 0 Å². The van der Waals surface area contributed by atoms with E-state index in [0.717, 1.165) is 12.2 Å². The van der Waals surface area contributed by atoms with Crippen LogP contribution >= 0.6 is 0 Å². The molecule has 60 heavy (non-hydrogen) atoms. The zero-order valence-electron chi connectivity index (χ0n) is 38.6. The second-order valence-corrected chi connectivity index (χ2v) is 37.3. The van der Waals surface area contributed by atoms with E-state index in [0.29, 0.717) is 7.25 Å². The molecule has 0 aliphatic heterocycles. The Morgan fingerprint density at radius 3 is 1.53 bits per heavy atom. The van der Waals surface area contributed by atoms with Crippen LogP contribution in [0.4, 0.5) is 0 Å². The first-order chi connectivity index (χ1) is 27.5. The summed E-state index contributed by atoms with van der Waals surface area (Å²) in [6.07, 6.45) is 10.0. The minimum Gasteiger partial charge on any atom is -1.00 e. The molecule has 1 nitrogen and oxygen atoms in total. The minimum absolute atomic E-state index is 0. The van der Waals surface area contributed by atoms with Crippen LogP contribution in [0.1, 0.15) is 127 Å². The summed E-state index contributed by atoms with van der Waals surface area (Å²) in [4.78, 5) is 0. The summed E-state index contributed by atoms with van der Waals surface area (Å²) in [5, 5.41) is 0. The van der Waals surface area contributed by atoms with Crippen LogP contribution < -0.4 is 29.6 Å². The van der Waals surface area contributed by atoms with Gasteiger partial charge in [-0.2, -0.15) is 0 Å². The molecule has 0 bridgehead atoms. The fourth-order valence-corrected chi connectivity index (χ4v) is 32.0. The van der Waals surface area contributed by atoms with E-state index in [9.17, 15) is 0 Å². The zero-order chi connectivity index (χ0) is 41.5. The summed E-state index contributed by atoms with van der Waals surface area (Å²) in [6, 6.07) is 24.4. The number of fused-ring (bicyclic) bond motifs is 3. The SMILES string of the molecule is CCC1=Cc2c(cc(C(C)(C)C)c(OC)c2-c2cc(C)cc(C)c2)[CH]1[Zr+2]([CH]1C(C)=Cc2c(-c3cc(C)cc(C)c3)c3c(c(-c4cc(C)cc(C)c4)c21)CCC3)=[Si](C)C.[Cl-].[Cl-]. The first-order valence-corrected chi connectivity index (χ1v) is 30.8. The fourth-order valence-electron chi connectivity index (χ4n) is 11.3. The Balaban J connectivity index is 0.00000302. The maximum Gasteiger partial charge on any atom is -1.00 e. The molecule has 2 unspecified atom stereocenters. The molecule has 0 amide bonds. The van der Waals surface area contributed by atoms with Crippen molar-refractivity contribution in [2.75, 3.05) is 7.11 Å². The number of ether oxygens (including phenoxy) is 1. The standard InChI is InChI=1S/C29H29.C24H29O.C2H6Si.2ClH.Zr/c1-17-9-18(2)12-22(11-17)28-24-7-6-8-25(24)29(27-16-21(5)15-26(27)28)23-13-19(3)10-20(4)14-23;1-8-17-12-18-14-21(24(4,5)6)23(25-7)22(20(18)13-17)19-10-15(2)9-16(3)11-19;1-3-2;;;/h9-16H,6-8H2,1-5H3;9-14H,8H2,1-7H3;1-2H3;2*1H;/q;;;;;+2/p-2. The summed E-state index contributed by atoms with van der Waals surface area (Å²) in [5.74, 6) is 1.06. The Kier molecular flexibility index (Phi) is 13.7. The smallest absolute Gasteiger partial charge is 1.00 e. The zero-order valence-corrected chi connectivity index (χ0v) is 43.5. The van der Waals surface area contributed by atoms with Gasteiger partial charge in [-0.15, -0.1) is 0 Å². The second-order valence-electron chi connectivity index (χ2n) is 19.4. The summed E-state index contributed by atoms with van der Waals surface area (Å²) >= 11 is -2.55. The summed E-state index contributed by atoms with van der Waals surface area (Å²) in [5.41, 5.74) is 30.1. The van der Waals surface area contributed by atoms with Crippen LogP contribution in [0.25, 0.3) is 45.5 Å². The van der Waals surface area contributed by atoms with Gasteiger partial charge in [-0.25, -0.2) is 0 Å². The molecule has 3 aliphatic rings. The third-order valence-electron chi connectivity index (χ3n) is 13.3. The molecule has 5 heteroatoms. The van der Waals surface area contributed by atoms with Crippen molar-refractivity contribution in [2.45, 2.75) is 128 Å². The molecular weight excluding hydrogens is 867 g/mol. The molecule has 312 valence electrons. The maximum atomic E-state index is 6.52. The molecular formula is C55H64Cl2OSiZr. The number of rotatable bonds is 7. The van der Waals surface area contributed by atoms with Gasteiger partial charge in [0.1, 0.15) is 0 Å². The predicted molar refractivity (Wildman–Crippen MR) is 250 cm³/mol. The van der Waals surface area contributed by atoms with Gasteiger partial charge in [0.25, 0.3) is 0 Å². The van der Waals surface area contributed by atoms with E-state index >= 15 is 0 Å². The van der Waals surface area contributed by atoms with E-state index in [4.69, 9.17) is 4.74 Å². The monoisotopic (exact) mass is 928 g/mol. The van der Waals surface area contributed by atoms with Crippen LogP contribution in [0.2, 0.25) is 13.1 Å². The number of methoxy groups -OCH3 is 1. The van der Waals surface area contributed by atoms with Crippen molar-refractivity contribution in [1.29, 1.82) is 0 Å². The molecule has 0 saturated heterocycles. The van der Waals surface area contributed by atoms with E-state index in [1.165, 1.54) is 86.0 Å². The van der Waals surface area contributed by atoms with Gasteiger partial charge < -0.3 is 24.8 Å². The van der Waals surface area contributed by atoms with Gasteiger partial charge in [0, 0.05) is 0 Å². The average Bonchev–Trinajstić information content (AvgIpc) is 3.84. The number of aryl methyl sites for hydroxylation is 6. The van der Waals surface area contributed by atoms with E-state index in [2.05, 4.69) is 162 Å². The second kappa shape index (κ2) is 17.7. The summed E-state index contributed by atoms with van der Waals surface area (Å²) < 4.78 is 7.56. The van der Waals surface area contributed by atoms with Crippen molar-refractivity contribution < 1.29 is 49.9 Å². The third kappa shape index (κ3) is 8.09. The van der Waals surface area contributed by atoms with Crippen LogP contribution in [0.15, 0.2) is 71.8 Å². The van der Waals surface area contributed by atoms with Crippen molar-refractivity contribution >= 4 is 17.6 Å². The largest absolute Gasteiger partial charge is 1.00 e. The Morgan fingerprint density at radius 2 is 1.08 bits per heavy atom. The molecule has 5 aromatic rings. The van der Waals surface area contributed by atoms with E-state index < -0.39 is 25.8 Å². The Morgan fingerprint density at radius 1 is 0.617 bits per heavy atom. The Hall–Kier alpha value is -2.94. The number of benzene rings is 5. The topological polar surface area (TPSA) is 9.23 Å². The van der Waals surface area contributed by atoms with Crippen LogP contribution in [-0.4, -0.2) is 12.5 Å². The molecule has 0 aromatic heterocycles. The van der Waals surface area contributed by atoms with Crippen LogP contribution in [-0.2, 0) is 38.6 Å². The Bertz CT molecular complexity index is 2590. The molecule has 0 radical (unpaired) electrons. The van der Waals surface area contributed by atoms with Crippen molar-refractivity contribution in [3.63, 3.8) is 0 Å². The fraction of sp³-hybridized carbons (Fsp3) is 0.382. The Labute approximate surface area is 382 Å². The molecule has 3 aliphatic carbocycles. The van der Waals surface area contributed by atoms with Crippen LogP contribution in [0.3, 0.4) is 0 Å². The van der Waals surface area contributed by atoms with Crippen LogP contribution in [0.5, 0.6) is 5.75 Å². The normalized spacial score (nSPS) is 16.1. The van der Waals surface area contributed by atoms with Gasteiger partial charge in [0.15, 0.2) is 0 Å². The molecule has 5 aromatic carbocycles. The number of hydrogen-bond donors (Lipinski definition) is 0. The van der Waals surface area contributed by atoms with Gasteiger partial charge >= 0.3 is 361 Å². The molecule has 8 rings (SSSR count). The molecule has 0 spiro atoms. The van der Waals surface area contributed by atoms with Crippen LogP contribution in [0, 0.1) is 41.5 Å². The molecule has 2 atom stereocenters. The van der Waals surface area contributed by atoms with E-state index in [1.54, 1.807) is 50.1 Å². The first kappa shape index (κ1) is 46.6. The third-order valence-corrected chi connectivity index (χ3v) is 32.9. The number of halogens is 2. The molecule has 0 fully saturated rings. The van der Waals surface area contributed by atoms with E-state index in [1.807, 2.05) is 7.11 Å². The van der Waals surface area contributed by atoms with Crippen molar-refractivity contribution in [3.05, 3.63) is 144 Å². The number of hydrogen-bond acceptors (Lipinski definition) is 1. The first-order valence-electron chi connectivity index (χ1n) is 21.8. The summed E-state index contributed by atoms with van der Waals surface area (Å²) in [6.45, 7) is 31.1. The van der Waals surface area contributed by atoms with Gasteiger partial charge in [0.05, 0.1) is 0 Å². The number of allylic oxidation sites excluding steroid dienone is 2. The quantitative estimate of drug-likeness (QED) is 0.148. The molecule has 0 heterocycles. The molecule has 0 saturated carbocycles. The van der Waals surface area contributed by atoms with Crippen molar-refractivity contribution in [1.82, 2.24) is 0 Å². The predicted octanol–water partition coefficient (Wildman–Crippen LogP) is 9.22. The van der Waals surface area contributed by atoms with Crippen molar-refractivity contribution in [3.8, 4) is 39.1 Å². The van der Waals surface area contributed by atoms with Gasteiger partial charge in [-0.1, -0.05) is 0 Å². The van der Waals surface area contributed by atoms with Gasteiger partial charge in [0.2, 0.25) is 0 Å². The minimum atomic E-state index is -2.55.